The zero-order valence-electron chi connectivity index (χ0n) is 10.4. The smallest absolute Gasteiger partial charge is 0.0900 e. The Bertz CT molecular complexity index is 197. The zero-order chi connectivity index (χ0) is 11.5. The second-order valence-electron chi connectivity index (χ2n) is 5.08. The lowest BCUT2D eigenvalue weighted by atomic mass is 9.99. The highest BCUT2D eigenvalue weighted by Crippen LogP contribution is 2.18. The first-order valence-corrected chi connectivity index (χ1v) is 5.56. The SMILES string of the molecule is COCC(O)CN1CCN(C)C(C)(C)C1. The van der Waals surface area contributed by atoms with Gasteiger partial charge in [0.05, 0.1) is 12.7 Å². The van der Waals surface area contributed by atoms with E-state index >= 15 is 0 Å². The Morgan fingerprint density at radius 1 is 1.40 bits per heavy atom. The normalized spacial score (nSPS) is 25.4. The average Bonchev–Trinajstić information content (AvgIpc) is 2.11. The van der Waals surface area contributed by atoms with E-state index in [9.17, 15) is 5.11 Å². The van der Waals surface area contributed by atoms with Crippen molar-refractivity contribution in [1.29, 1.82) is 0 Å². The predicted molar refractivity (Wildman–Crippen MR) is 61.0 cm³/mol. The molecule has 0 spiro atoms. The fraction of sp³-hybridized carbons (Fsp3) is 1.00. The van der Waals surface area contributed by atoms with Crippen LogP contribution < -0.4 is 0 Å². The van der Waals surface area contributed by atoms with E-state index in [4.69, 9.17) is 4.74 Å². The van der Waals surface area contributed by atoms with Crippen LogP contribution in [-0.2, 0) is 4.74 Å². The van der Waals surface area contributed by atoms with Crippen LogP contribution >= 0.6 is 0 Å². The predicted octanol–water partition coefficient (Wildman–Crippen LogP) is 0.0197. The fourth-order valence-electron chi connectivity index (χ4n) is 2.04. The lowest BCUT2D eigenvalue weighted by Gasteiger charge is -2.45. The molecule has 0 aromatic heterocycles. The number of hydrogen-bond donors (Lipinski definition) is 1. The molecule has 0 aliphatic carbocycles. The van der Waals surface area contributed by atoms with Gasteiger partial charge in [-0.05, 0) is 20.9 Å². The van der Waals surface area contributed by atoms with Crippen molar-refractivity contribution < 1.29 is 9.84 Å². The molecule has 4 nitrogen and oxygen atoms in total. The van der Waals surface area contributed by atoms with Crippen molar-refractivity contribution >= 4 is 0 Å². The number of aliphatic hydroxyl groups is 1. The number of likely N-dealkylation sites (N-methyl/N-ethyl adjacent to an activating group) is 1. The standard InChI is InChI=1S/C11H24N2O2/c1-11(2)9-13(6-5-12(11)3)7-10(14)8-15-4/h10,14H,5-9H2,1-4H3. The van der Waals surface area contributed by atoms with Crippen molar-refractivity contribution in [3.05, 3.63) is 0 Å². The molecule has 0 aromatic carbocycles. The molecule has 0 radical (unpaired) electrons. The molecule has 0 aromatic rings. The van der Waals surface area contributed by atoms with Crippen LogP contribution in [0.25, 0.3) is 0 Å². The van der Waals surface area contributed by atoms with Gasteiger partial charge < -0.3 is 9.84 Å². The summed E-state index contributed by atoms with van der Waals surface area (Å²) in [6, 6.07) is 0. The molecule has 1 aliphatic rings. The zero-order valence-corrected chi connectivity index (χ0v) is 10.4. The molecule has 1 fully saturated rings. The minimum atomic E-state index is -0.366. The molecule has 1 rings (SSSR count). The molecule has 0 bridgehead atoms. The highest BCUT2D eigenvalue weighted by molar-refractivity contribution is 4.88. The van der Waals surface area contributed by atoms with Crippen LogP contribution in [-0.4, -0.2) is 73.5 Å². The van der Waals surface area contributed by atoms with Gasteiger partial charge in [0, 0.05) is 38.8 Å². The summed E-state index contributed by atoms with van der Waals surface area (Å²) in [4.78, 5) is 4.68. The van der Waals surface area contributed by atoms with Crippen LogP contribution in [0.1, 0.15) is 13.8 Å². The Hall–Kier alpha value is -0.160. The Morgan fingerprint density at radius 2 is 2.07 bits per heavy atom. The maximum Gasteiger partial charge on any atom is 0.0900 e. The summed E-state index contributed by atoms with van der Waals surface area (Å²) < 4.78 is 4.93. The summed E-state index contributed by atoms with van der Waals surface area (Å²) in [5, 5.41) is 9.66. The molecule has 15 heavy (non-hydrogen) atoms. The van der Waals surface area contributed by atoms with Gasteiger partial charge in [0.2, 0.25) is 0 Å². The summed E-state index contributed by atoms with van der Waals surface area (Å²) in [6.45, 7) is 8.71. The lowest BCUT2D eigenvalue weighted by Crippen LogP contribution is -2.58. The minimum absolute atomic E-state index is 0.199. The van der Waals surface area contributed by atoms with Gasteiger partial charge in [-0.1, -0.05) is 0 Å². The van der Waals surface area contributed by atoms with Crippen molar-refractivity contribution in [3.8, 4) is 0 Å². The lowest BCUT2D eigenvalue weighted by molar-refractivity contribution is -0.00628. The van der Waals surface area contributed by atoms with Gasteiger partial charge in [0.1, 0.15) is 0 Å². The van der Waals surface area contributed by atoms with Crippen LogP contribution in [0.3, 0.4) is 0 Å². The van der Waals surface area contributed by atoms with Gasteiger partial charge in [-0.25, -0.2) is 0 Å². The molecule has 1 N–H and O–H groups in total. The number of nitrogens with zero attached hydrogens (tertiary/aromatic N) is 2. The van der Waals surface area contributed by atoms with E-state index < -0.39 is 0 Å². The summed E-state index contributed by atoms with van der Waals surface area (Å²) in [5.41, 5.74) is 0.199. The highest BCUT2D eigenvalue weighted by Gasteiger charge is 2.31. The first-order chi connectivity index (χ1) is 6.95. The number of methoxy groups -OCH3 is 1. The summed E-state index contributed by atoms with van der Waals surface area (Å²) >= 11 is 0. The van der Waals surface area contributed by atoms with Gasteiger partial charge in [0.15, 0.2) is 0 Å². The van der Waals surface area contributed by atoms with Crippen molar-refractivity contribution in [2.75, 3.05) is 46.9 Å². The van der Waals surface area contributed by atoms with E-state index in [1.54, 1.807) is 7.11 Å². The van der Waals surface area contributed by atoms with Gasteiger partial charge in [0.25, 0.3) is 0 Å². The van der Waals surface area contributed by atoms with Crippen molar-refractivity contribution in [3.63, 3.8) is 0 Å². The Morgan fingerprint density at radius 3 is 2.60 bits per heavy atom. The molecule has 0 amide bonds. The quantitative estimate of drug-likeness (QED) is 0.719. The van der Waals surface area contributed by atoms with E-state index in [2.05, 4.69) is 30.7 Å². The van der Waals surface area contributed by atoms with Gasteiger partial charge in [-0.3, -0.25) is 9.80 Å². The Labute approximate surface area is 92.8 Å². The average molecular weight is 216 g/mol. The highest BCUT2D eigenvalue weighted by atomic mass is 16.5. The van der Waals surface area contributed by atoms with Crippen LogP contribution in [0.5, 0.6) is 0 Å². The molecule has 0 saturated carbocycles. The summed E-state index contributed by atoms with van der Waals surface area (Å²) in [7, 11) is 3.78. The second-order valence-corrected chi connectivity index (χ2v) is 5.08. The van der Waals surface area contributed by atoms with Crippen molar-refractivity contribution in [2.45, 2.75) is 25.5 Å². The fourth-order valence-corrected chi connectivity index (χ4v) is 2.04. The van der Waals surface area contributed by atoms with E-state index in [-0.39, 0.29) is 11.6 Å². The summed E-state index contributed by atoms with van der Waals surface area (Å²) in [6.07, 6.45) is -0.366. The van der Waals surface area contributed by atoms with Crippen LogP contribution in [0.15, 0.2) is 0 Å². The first-order valence-electron chi connectivity index (χ1n) is 5.56. The minimum Gasteiger partial charge on any atom is -0.389 e. The molecule has 1 saturated heterocycles. The Balaban J connectivity index is 2.38. The molecular formula is C11H24N2O2. The van der Waals surface area contributed by atoms with Gasteiger partial charge in [-0.2, -0.15) is 0 Å². The molecular weight excluding hydrogens is 192 g/mol. The largest absolute Gasteiger partial charge is 0.389 e. The van der Waals surface area contributed by atoms with Crippen molar-refractivity contribution in [1.82, 2.24) is 9.80 Å². The Kier molecular flexibility index (Phi) is 4.52. The molecule has 1 aliphatic heterocycles. The van der Waals surface area contributed by atoms with E-state index in [1.165, 1.54) is 0 Å². The van der Waals surface area contributed by atoms with Crippen LogP contribution in [0, 0.1) is 0 Å². The molecule has 90 valence electrons. The van der Waals surface area contributed by atoms with Gasteiger partial charge in [-0.15, -0.1) is 0 Å². The third-order valence-corrected chi connectivity index (χ3v) is 3.22. The molecule has 1 unspecified atom stereocenters. The third kappa shape index (κ3) is 3.72. The van der Waals surface area contributed by atoms with Crippen LogP contribution in [0.4, 0.5) is 0 Å². The topological polar surface area (TPSA) is 35.9 Å². The van der Waals surface area contributed by atoms with E-state index in [1.807, 2.05) is 0 Å². The molecule has 1 atom stereocenters. The van der Waals surface area contributed by atoms with Gasteiger partial charge >= 0.3 is 0 Å². The number of β-amino-alcohol motifs (C(OH)–C–C–N with tert-alkyl or cyclic N) is 1. The summed E-state index contributed by atoms with van der Waals surface area (Å²) in [5.74, 6) is 0. The van der Waals surface area contributed by atoms with Crippen LogP contribution in [0.2, 0.25) is 0 Å². The number of aliphatic hydroxyl groups excluding tert-OH is 1. The second kappa shape index (κ2) is 5.25. The number of hydrogen-bond acceptors (Lipinski definition) is 4. The first kappa shape index (κ1) is 12.9. The number of piperazine rings is 1. The van der Waals surface area contributed by atoms with Crippen molar-refractivity contribution in [2.24, 2.45) is 0 Å². The van der Waals surface area contributed by atoms with E-state index in [0.29, 0.717) is 13.2 Å². The number of rotatable bonds is 4. The molecule has 4 heteroatoms. The molecule has 1 heterocycles. The number of ether oxygens (including phenoxy) is 1. The maximum absolute atomic E-state index is 9.66. The monoisotopic (exact) mass is 216 g/mol. The third-order valence-electron chi connectivity index (χ3n) is 3.22. The maximum atomic E-state index is 9.66. The van der Waals surface area contributed by atoms with E-state index in [0.717, 1.165) is 19.6 Å².